The molecule has 1 heterocycles. The molecule has 0 spiro atoms. The summed E-state index contributed by atoms with van der Waals surface area (Å²) in [5, 5.41) is 8.84. The van der Waals surface area contributed by atoms with Gasteiger partial charge in [0.15, 0.2) is 15.7 Å². The second kappa shape index (κ2) is 8.33. The number of sulfone groups is 1. The average molecular weight is 400 g/mol. The SMILES string of the molecule is Cc1cc(NC(=O)C(C)NC(=O)CCS(=O)(=O)c2cccc(Cl)c2)no1. The van der Waals surface area contributed by atoms with Gasteiger partial charge in [0.25, 0.3) is 0 Å². The van der Waals surface area contributed by atoms with E-state index in [2.05, 4.69) is 15.8 Å². The van der Waals surface area contributed by atoms with Crippen molar-refractivity contribution in [2.45, 2.75) is 31.2 Å². The van der Waals surface area contributed by atoms with E-state index in [1.54, 1.807) is 13.0 Å². The van der Waals surface area contributed by atoms with Crippen LogP contribution < -0.4 is 10.6 Å². The molecule has 10 heteroatoms. The lowest BCUT2D eigenvalue weighted by atomic mass is 10.3. The number of halogens is 1. The number of hydrogen-bond acceptors (Lipinski definition) is 6. The highest BCUT2D eigenvalue weighted by Crippen LogP contribution is 2.17. The molecule has 0 saturated carbocycles. The summed E-state index contributed by atoms with van der Waals surface area (Å²) in [6.45, 7) is 3.15. The first-order chi connectivity index (χ1) is 12.2. The van der Waals surface area contributed by atoms with E-state index in [0.29, 0.717) is 10.8 Å². The van der Waals surface area contributed by atoms with Crippen LogP contribution in [0.25, 0.3) is 0 Å². The maximum absolute atomic E-state index is 12.2. The third-order valence-electron chi connectivity index (χ3n) is 3.40. The van der Waals surface area contributed by atoms with E-state index in [1.165, 1.54) is 31.2 Å². The molecule has 1 aromatic heterocycles. The number of benzene rings is 1. The van der Waals surface area contributed by atoms with Crippen molar-refractivity contribution in [2.24, 2.45) is 0 Å². The third-order valence-corrected chi connectivity index (χ3v) is 5.35. The summed E-state index contributed by atoms with van der Waals surface area (Å²) in [5.41, 5.74) is 0. The zero-order valence-electron chi connectivity index (χ0n) is 14.2. The van der Waals surface area contributed by atoms with E-state index in [9.17, 15) is 18.0 Å². The summed E-state index contributed by atoms with van der Waals surface area (Å²) in [7, 11) is -3.65. The van der Waals surface area contributed by atoms with Gasteiger partial charge in [-0.25, -0.2) is 8.42 Å². The average Bonchev–Trinajstić information content (AvgIpc) is 2.98. The molecule has 1 aromatic carbocycles. The molecular weight excluding hydrogens is 382 g/mol. The topological polar surface area (TPSA) is 118 Å². The molecule has 0 saturated heterocycles. The lowest BCUT2D eigenvalue weighted by Gasteiger charge is -2.13. The number of amides is 2. The fraction of sp³-hybridized carbons (Fsp3) is 0.312. The van der Waals surface area contributed by atoms with Crippen molar-refractivity contribution < 1.29 is 22.5 Å². The first-order valence-corrected chi connectivity index (χ1v) is 9.72. The van der Waals surface area contributed by atoms with Gasteiger partial charge in [0.05, 0.1) is 10.6 Å². The molecule has 0 aliphatic carbocycles. The zero-order chi connectivity index (χ0) is 19.3. The Balaban J connectivity index is 1.86. The molecule has 0 radical (unpaired) electrons. The lowest BCUT2D eigenvalue weighted by Crippen LogP contribution is -2.42. The maximum atomic E-state index is 12.2. The van der Waals surface area contributed by atoms with E-state index in [1.807, 2.05) is 0 Å². The number of aryl methyl sites for hydroxylation is 1. The molecule has 0 bridgehead atoms. The fourth-order valence-electron chi connectivity index (χ4n) is 2.04. The lowest BCUT2D eigenvalue weighted by molar-refractivity contribution is -0.125. The van der Waals surface area contributed by atoms with Gasteiger partial charge in [-0.05, 0) is 32.0 Å². The van der Waals surface area contributed by atoms with E-state index in [4.69, 9.17) is 16.1 Å². The summed E-state index contributed by atoms with van der Waals surface area (Å²) in [4.78, 5) is 24.0. The van der Waals surface area contributed by atoms with Crippen LogP contribution in [0.2, 0.25) is 5.02 Å². The monoisotopic (exact) mass is 399 g/mol. The third kappa shape index (κ3) is 5.57. The first kappa shape index (κ1) is 19.9. The van der Waals surface area contributed by atoms with E-state index in [0.717, 1.165) is 0 Å². The molecule has 1 atom stereocenters. The normalized spacial score (nSPS) is 12.4. The van der Waals surface area contributed by atoms with Crippen molar-refractivity contribution in [3.63, 3.8) is 0 Å². The predicted molar refractivity (Wildman–Crippen MR) is 95.6 cm³/mol. The van der Waals surface area contributed by atoms with Gasteiger partial charge >= 0.3 is 0 Å². The Morgan fingerprint density at radius 3 is 2.65 bits per heavy atom. The Morgan fingerprint density at radius 1 is 1.31 bits per heavy atom. The van der Waals surface area contributed by atoms with E-state index < -0.39 is 33.4 Å². The Bertz CT molecular complexity index is 910. The summed E-state index contributed by atoms with van der Waals surface area (Å²) >= 11 is 5.79. The Morgan fingerprint density at radius 2 is 2.04 bits per heavy atom. The number of aromatic nitrogens is 1. The minimum atomic E-state index is -3.65. The molecule has 140 valence electrons. The number of rotatable bonds is 7. The fourth-order valence-corrected chi connectivity index (χ4v) is 3.58. The number of carbonyl (C=O) groups excluding carboxylic acids is 2. The van der Waals surface area contributed by atoms with Crippen molar-refractivity contribution in [3.05, 3.63) is 41.1 Å². The van der Waals surface area contributed by atoms with Crippen molar-refractivity contribution in [3.8, 4) is 0 Å². The number of nitrogens with zero attached hydrogens (tertiary/aromatic N) is 1. The molecule has 0 fully saturated rings. The van der Waals surface area contributed by atoms with Crippen LogP contribution in [0.3, 0.4) is 0 Å². The van der Waals surface area contributed by atoms with Gasteiger partial charge in [-0.3, -0.25) is 9.59 Å². The van der Waals surface area contributed by atoms with Gasteiger partial charge in [0.2, 0.25) is 11.8 Å². The van der Waals surface area contributed by atoms with Gasteiger partial charge in [-0.15, -0.1) is 0 Å². The maximum Gasteiger partial charge on any atom is 0.247 e. The predicted octanol–water partition coefficient (Wildman–Crippen LogP) is 1.94. The number of nitrogens with one attached hydrogen (secondary N) is 2. The molecule has 1 unspecified atom stereocenters. The highest BCUT2D eigenvalue weighted by Gasteiger charge is 2.20. The molecular formula is C16H18ClN3O5S. The van der Waals surface area contributed by atoms with Crippen LogP contribution in [-0.4, -0.2) is 37.2 Å². The van der Waals surface area contributed by atoms with Crippen molar-refractivity contribution in [1.82, 2.24) is 10.5 Å². The van der Waals surface area contributed by atoms with Crippen LogP contribution in [0.1, 0.15) is 19.1 Å². The van der Waals surface area contributed by atoms with Gasteiger partial charge in [-0.2, -0.15) is 0 Å². The highest BCUT2D eigenvalue weighted by atomic mass is 35.5. The van der Waals surface area contributed by atoms with Crippen molar-refractivity contribution in [2.75, 3.05) is 11.1 Å². The Labute approximate surface area is 155 Å². The molecule has 26 heavy (non-hydrogen) atoms. The van der Waals surface area contributed by atoms with Gasteiger partial charge in [0, 0.05) is 17.5 Å². The van der Waals surface area contributed by atoms with Gasteiger partial charge in [0.1, 0.15) is 11.8 Å². The van der Waals surface area contributed by atoms with Gasteiger partial charge < -0.3 is 15.2 Å². The van der Waals surface area contributed by atoms with Crippen LogP contribution in [0, 0.1) is 6.92 Å². The standard InChI is InChI=1S/C16H18ClN3O5S/c1-10-8-14(20-25-10)19-16(22)11(2)18-15(21)6-7-26(23,24)13-5-3-4-12(17)9-13/h3-5,8-9,11H,6-7H2,1-2H3,(H,18,21)(H,19,20,22). The summed E-state index contributed by atoms with van der Waals surface area (Å²) in [6, 6.07) is 6.48. The molecule has 8 nitrogen and oxygen atoms in total. The smallest absolute Gasteiger partial charge is 0.247 e. The molecule has 2 aromatic rings. The number of hydrogen-bond donors (Lipinski definition) is 2. The largest absolute Gasteiger partial charge is 0.360 e. The molecule has 2 N–H and O–H groups in total. The number of carbonyl (C=O) groups is 2. The summed E-state index contributed by atoms with van der Waals surface area (Å²) in [6.07, 6.45) is -0.282. The van der Waals surface area contributed by atoms with Crippen LogP contribution in [0.15, 0.2) is 39.8 Å². The minimum Gasteiger partial charge on any atom is -0.360 e. The van der Waals surface area contributed by atoms with E-state index in [-0.39, 0.29) is 17.1 Å². The minimum absolute atomic E-state index is 0.0463. The zero-order valence-corrected chi connectivity index (χ0v) is 15.7. The van der Waals surface area contributed by atoms with Crippen LogP contribution in [0.4, 0.5) is 5.82 Å². The molecule has 0 aliphatic rings. The Hall–Kier alpha value is -2.39. The quantitative estimate of drug-likeness (QED) is 0.734. The van der Waals surface area contributed by atoms with Crippen LogP contribution >= 0.6 is 11.6 Å². The molecule has 2 amide bonds. The van der Waals surface area contributed by atoms with Crippen molar-refractivity contribution in [1.29, 1.82) is 0 Å². The van der Waals surface area contributed by atoms with Crippen molar-refractivity contribution >= 4 is 39.1 Å². The van der Waals surface area contributed by atoms with Crippen LogP contribution in [-0.2, 0) is 19.4 Å². The second-order valence-corrected chi connectivity index (χ2v) is 8.17. The molecule has 0 aliphatic heterocycles. The summed E-state index contributed by atoms with van der Waals surface area (Å²) < 4.78 is 29.3. The molecule has 2 rings (SSSR count). The van der Waals surface area contributed by atoms with Crippen LogP contribution in [0.5, 0.6) is 0 Å². The highest BCUT2D eigenvalue weighted by molar-refractivity contribution is 7.91. The second-order valence-electron chi connectivity index (χ2n) is 5.63. The van der Waals surface area contributed by atoms with Gasteiger partial charge in [-0.1, -0.05) is 22.8 Å². The first-order valence-electron chi connectivity index (χ1n) is 7.69. The number of anilines is 1. The van der Waals surface area contributed by atoms with E-state index >= 15 is 0 Å². The Kier molecular flexibility index (Phi) is 6.38. The summed E-state index contributed by atoms with van der Waals surface area (Å²) in [5.74, 6) is -0.685.